The van der Waals surface area contributed by atoms with Crippen molar-refractivity contribution in [1.82, 2.24) is 0 Å². The molecule has 6 heteroatoms. The Bertz CT molecular complexity index is 436. The van der Waals surface area contributed by atoms with Gasteiger partial charge in [-0.15, -0.1) is 0 Å². The third kappa shape index (κ3) is 2.90. The zero-order valence-electron chi connectivity index (χ0n) is 9.54. The van der Waals surface area contributed by atoms with E-state index < -0.39 is 11.7 Å². The average molecular weight is 280 g/mol. The van der Waals surface area contributed by atoms with Gasteiger partial charge < -0.3 is 10.0 Å². The zero-order valence-corrected chi connectivity index (χ0v) is 10.3. The molecule has 0 bridgehead atoms. The number of benzene rings is 1. The molecule has 0 aromatic heterocycles. The van der Waals surface area contributed by atoms with E-state index in [1.807, 2.05) is 4.90 Å². The molecule has 18 heavy (non-hydrogen) atoms. The lowest BCUT2D eigenvalue weighted by molar-refractivity contribution is -0.137. The van der Waals surface area contributed by atoms with E-state index in [-0.39, 0.29) is 17.5 Å². The van der Waals surface area contributed by atoms with Gasteiger partial charge >= 0.3 is 6.18 Å². The molecule has 1 aromatic rings. The summed E-state index contributed by atoms with van der Waals surface area (Å²) < 4.78 is 38.0. The van der Waals surface area contributed by atoms with Crippen LogP contribution < -0.4 is 4.90 Å². The number of aliphatic hydroxyl groups excluding tert-OH is 1. The first kappa shape index (κ1) is 13.5. The minimum Gasteiger partial charge on any atom is -0.396 e. The molecule has 2 rings (SSSR count). The molecular formula is C12H13ClF3NO. The Kier molecular flexibility index (Phi) is 3.73. The van der Waals surface area contributed by atoms with E-state index in [1.165, 1.54) is 6.07 Å². The summed E-state index contributed by atoms with van der Waals surface area (Å²) in [6, 6.07) is 3.55. The molecule has 0 aliphatic carbocycles. The zero-order chi connectivity index (χ0) is 13.3. The second kappa shape index (κ2) is 4.97. The summed E-state index contributed by atoms with van der Waals surface area (Å²) >= 11 is 5.73. The summed E-state index contributed by atoms with van der Waals surface area (Å²) in [5.41, 5.74) is -0.275. The summed E-state index contributed by atoms with van der Waals surface area (Å²) in [6.07, 6.45) is -3.61. The Hall–Kier alpha value is -0.940. The summed E-state index contributed by atoms with van der Waals surface area (Å²) in [5.74, 6) is 0.123. The lowest BCUT2D eigenvalue weighted by atomic mass is 10.1. The molecule has 1 unspecified atom stereocenters. The van der Waals surface area contributed by atoms with E-state index in [9.17, 15) is 13.2 Å². The molecule has 0 radical (unpaired) electrons. The van der Waals surface area contributed by atoms with Gasteiger partial charge in [0.05, 0.1) is 5.56 Å². The second-order valence-corrected chi connectivity index (χ2v) is 4.92. The van der Waals surface area contributed by atoms with Crippen molar-refractivity contribution in [1.29, 1.82) is 0 Å². The van der Waals surface area contributed by atoms with E-state index in [4.69, 9.17) is 16.7 Å². The highest BCUT2D eigenvalue weighted by atomic mass is 35.5. The quantitative estimate of drug-likeness (QED) is 0.899. The molecular weight excluding hydrogens is 267 g/mol. The molecule has 1 fully saturated rings. The number of alkyl halides is 3. The monoisotopic (exact) mass is 279 g/mol. The highest BCUT2D eigenvalue weighted by molar-refractivity contribution is 6.30. The normalized spacial score (nSPS) is 20.5. The summed E-state index contributed by atoms with van der Waals surface area (Å²) in [6.45, 7) is 1.26. The fourth-order valence-corrected chi connectivity index (χ4v) is 2.37. The van der Waals surface area contributed by atoms with Gasteiger partial charge in [0.2, 0.25) is 0 Å². The molecule has 0 saturated carbocycles. The van der Waals surface area contributed by atoms with Gasteiger partial charge in [0.1, 0.15) is 0 Å². The van der Waals surface area contributed by atoms with Crippen molar-refractivity contribution in [2.24, 2.45) is 5.92 Å². The Morgan fingerprint density at radius 2 is 2.06 bits per heavy atom. The van der Waals surface area contributed by atoms with Crippen LogP contribution in [0.1, 0.15) is 12.0 Å². The van der Waals surface area contributed by atoms with E-state index >= 15 is 0 Å². The molecule has 0 amide bonds. The maximum absolute atomic E-state index is 12.7. The lowest BCUT2D eigenvalue weighted by Gasteiger charge is -2.20. The highest BCUT2D eigenvalue weighted by Crippen LogP contribution is 2.35. The van der Waals surface area contributed by atoms with Crippen LogP contribution in [0.3, 0.4) is 0 Å². The first-order valence-electron chi connectivity index (χ1n) is 5.64. The SMILES string of the molecule is OCC1CCN(c2cc(Cl)cc(C(F)(F)F)c2)C1. The highest BCUT2D eigenvalue weighted by Gasteiger charge is 2.32. The number of anilines is 1. The van der Waals surface area contributed by atoms with Crippen LogP contribution in [-0.2, 0) is 6.18 Å². The van der Waals surface area contributed by atoms with Crippen molar-refractivity contribution in [3.8, 4) is 0 Å². The number of hydrogen-bond donors (Lipinski definition) is 1. The molecule has 1 heterocycles. The minimum atomic E-state index is -4.39. The largest absolute Gasteiger partial charge is 0.416 e. The fourth-order valence-electron chi connectivity index (χ4n) is 2.14. The van der Waals surface area contributed by atoms with Crippen molar-refractivity contribution in [3.05, 3.63) is 28.8 Å². The molecule has 100 valence electrons. The van der Waals surface area contributed by atoms with Crippen molar-refractivity contribution in [3.63, 3.8) is 0 Å². The third-order valence-electron chi connectivity index (χ3n) is 3.12. The smallest absolute Gasteiger partial charge is 0.396 e. The molecule has 1 atom stereocenters. The van der Waals surface area contributed by atoms with Gasteiger partial charge in [-0.3, -0.25) is 0 Å². The van der Waals surface area contributed by atoms with Crippen molar-refractivity contribution in [2.75, 3.05) is 24.6 Å². The lowest BCUT2D eigenvalue weighted by Crippen LogP contribution is -2.21. The first-order chi connectivity index (χ1) is 8.40. The topological polar surface area (TPSA) is 23.5 Å². The van der Waals surface area contributed by atoms with Gasteiger partial charge in [-0.05, 0) is 24.6 Å². The first-order valence-corrected chi connectivity index (χ1v) is 6.01. The van der Waals surface area contributed by atoms with Crippen LogP contribution in [0.4, 0.5) is 18.9 Å². The number of nitrogens with zero attached hydrogens (tertiary/aromatic N) is 1. The van der Waals surface area contributed by atoms with Gasteiger partial charge in [-0.1, -0.05) is 11.6 Å². The predicted octanol–water partition coefficient (Wildman–Crippen LogP) is 3.18. The predicted molar refractivity (Wildman–Crippen MR) is 63.9 cm³/mol. The van der Waals surface area contributed by atoms with Crippen LogP contribution in [0.15, 0.2) is 18.2 Å². The van der Waals surface area contributed by atoms with Crippen LogP contribution in [-0.4, -0.2) is 24.8 Å². The van der Waals surface area contributed by atoms with Crippen LogP contribution in [0.2, 0.25) is 5.02 Å². The van der Waals surface area contributed by atoms with E-state index in [0.29, 0.717) is 18.8 Å². The average Bonchev–Trinajstić information content (AvgIpc) is 2.75. The van der Waals surface area contributed by atoms with Crippen molar-refractivity contribution < 1.29 is 18.3 Å². The Balaban J connectivity index is 2.26. The van der Waals surface area contributed by atoms with Crippen molar-refractivity contribution >= 4 is 17.3 Å². The van der Waals surface area contributed by atoms with Crippen molar-refractivity contribution in [2.45, 2.75) is 12.6 Å². The van der Waals surface area contributed by atoms with Gasteiger partial charge in [0.15, 0.2) is 0 Å². The fraction of sp³-hybridized carbons (Fsp3) is 0.500. The molecule has 1 saturated heterocycles. The van der Waals surface area contributed by atoms with E-state index in [0.717, 1.165) is 18.6 Å². The molecule has 1 aromatic carbocycles. The van der Waals surface area contributed by atoms with Gasteiger partial charge in [0, 0.05) is 36.3 Å². The van der Waals surface area contributed by atoms with Crippen LogP contribution in [0.25, 0.3) is 0 Å². The minimum absolute atomic E-state index is 0.0587. The summed E-state index contributed by atoms with van der Waals surface area (Å²) in [7, 11) is 0. The van der Waals surface area contributed by atoms with E-state index in [2.05, 4.69) is 0 Å². The number of aliphatic hydroxyl groups is 1. The van der Waals surface area contributed by atoms with Gasteiger partial charge in [-0.2, -0.15) is 13.2 Å². The van der Waals surface area contributed by atoms with Crippen LogP contribution in [0, 0.1) is 5.92 Å². The Labute approximate surface area is 108 Å². The Morgan fingerprint density at radius 1 is 1.33 bits per heavy atom. The van der Waals surface area contributed by atoms with Crippen LogP contribution in [0.5, 0.6) is 0 Å². The maximum Gasteiger partial charge on any atom is 0.416 e. The third-order valence-corrected chi connectivity index (χ3v) is 3.34. The van der Waals surface area contributed by atoms with E-state index in [1.54, 1.807) is 0 Å². The number of hydrogen-bond acceptors (Lipinski definition) is 2. The second-order valence-electron chi connectivity index (χ2n) is 4.48. The summed E-state index contributed by atoms with van der Waals surface area (Å²) in [4.78, 5) is 1.82. The number of halogens is 4. The Morgan fingerprint density at radius 3 is 2.61 bits per heavy atom. The molecule has 2 nitrogen and oxygen atoms in total. The van der Waals surface area contributed by atoms with Crippen LogP contribution >= 0.6 is 11.6 Å². The standard InChI is InChI=1S/C12H13ClF3NO/c13-10-3-9(12(14,15)16)4-11(5-10)17-2-1-8(6-17)7-18/h3-5,8,18H,1-2,6-7H2. The number of rotatable bonds is 2. The molecule has 0 spiro atoms. The summed E-state index contributed by atoms with van der Waals surface area (Å²) in [5, 5.41) is 9.11. The molecule has 1 aliphatic heterocycles. The van der Waals surface area contributed by atoms with Gasteiger partial charge in [0.25, 0.3) is 0 Å². The molecule has 1 N–H and O–H groups in total. The van der Waals surface area contributed by atoms with Gasteiger partial charge in [-0.25, -0.2) is 0 Å². The maximum atomic E-state index is 12.7. The molecule has 1 aliphatic rings.